The summed E-state index contributed by atoms with van der Waals surface area (Å²) in [6.45, 7) is 3.65. The van der Waals surface area contributed by atoms with E-state index in [9.17, 15) is 0 Å². The average molecular weight is 269 g/mol. The Morgan fingerprint density at radius 3 is 2.18 bits per heavy atom. The molecule has 2 aromatic rings. The summed E-state index contributed by atoms with van der Waals surface area (Å²) < 4.78 is 1.62. The molecule has 0 atom stereocenters. The lowest BCUT2D eigenvalue weighted by atomic mass is 10.2. The highest BCUT2D eigenvalue weighted by Gasteiger charge is 2.04. The molecule has 0 fully saturated rings. The van der Waals surface area contributed by atoms with E-state index < -0.39 is 0 Å². The van der Waals surface area contributed by atoms with Crippen LogP contribution in [0.5, 0.6) is 0 Å². The molecule has 0 aliphatic heterocycles. The fourth-order valence-electron chi connectivity index (χ4n) is 1.38. The summed E-state index contributed by atoms with van der Waals surface area (Å²) in [5, 5.41) is 13.2. The van der Waals surface area contributed by atoms with Crippen LogP contribution in [0.4, 0.5) is 0 Å². The van der Waals surface area contributed by atoms with E-state index in [0.29, 0.717) is 27.3 Å². The number of hydrogen-bond acceptors (Lipinski definition) is 3. The third-order valence-electron chi connectivity index (χ3n) is 2.25. The number of halogens is 2. The van der Waals surface area contributed by atoms with Crippen LogP contribution in [-0.2, 0) is 0 Å². The maximum absolute atomic E-state index is 6.03. The van der Waals surface area contributed by atoms with Crippen molar-refractivity contribution in [3.8, 4) is 0 Å². The second-order valence-corrected chi connectivity index (χ2v) is 4.30. The molecule has 17 heavy (non-hydrogen) atoms. The second kappa shape index (κ2) is 4.85. The van der Waals surface area contributed by atoms with Gasteiger partial charge in [-0.15, -0.1) is 10.2 Å². The van der Waals surface area contributed by atoms with Crippen molar-refractivity contribution in [2.75, 3.05) is 0 Å². The van der Waals surface area contributed by atoms with Gasteiger partial charge in [0.15, 0.2) is 11.6 Å². The molecule has 0 amide bonds. The van der Waals surface area contributed by atoms with Gasteiger partial charge in [-0.25, -0.2) is 4.68 Å². The summed E-state index contributed by atoms with van der Waals surface area (Å²) in [4.78, 5) is 0. The second-order valence-electron chi connectivity index (χ2n) is 3.49. The zero-order chi connectivity index (χ0) is 12.4. The summed E-state index contributed by atoms with van der Waals surface area (Å²) >= 11 is 12.1. The third-order valence-corrected chi connectivity index (χ3v) is 2.91. The molecule has 1 heterocycles. The highest BCUT2D eigenvalue weighted by molar-refractivity contribution is 6.38. The number of rotatable bonds is 2. The Hall–Kier alpha value is -1.39. The molecule has 4 nitrogen and oxygen atoms in total. The molecule has 0 aliphatic rings. The molecule has 6 heteroatoms. The van der Waals surface area contributed by atoms with E-state index in [-0.39, 0.29) is 0 Å². The van der Waals surface area contributed by atoms with E-state index in [2.05, 4.69) is 15.3 Å². The Kier molecular flexibility index (Phi) is 3.45. The van der Waals surface area contributed by atoms with E-state index in [1.54, 1.807) is 29.1 Å². The number of aromatic nitrogens is 3. The van der Waals surface area contributed by atoms with Crippen LogP contribution in [0.25, 0.3) is 0 Å². The molecule has 2 rings (SSSR count). The van der Waals surface area contributed by atoms with Crippen molar-refractivity contribution in [1.29, 1.82) is 0 Å². The van der Waals surface area contributed by atoms with Crippen LogP contribution < -0.4 is 0 Å². The summed E-state index contributed by atoms with van der Waals surface area (Å²) in [7, 11) is 0. The van der Waals surface area contributed by atoms with Crippen LogP contribution >= 0.6 is 23.2 Å². The molecule has 0 radical (unpaired) electrons. The zero-order valence-electron chi connectivity index (χ0n) is 9.35. The van der Waals surface area contributed by atoms with Gasteiger partial charge in [-0.1, -0.05) is 29.3 Å². The molecule has 0 saturated heterocycles. The fourth-order valence-corrected chi connectivity index (χ4v) is 1.88. The minimum Gasteiger partial charge on any atom is -0.202 e. The highest BCUT2D eigenvalue weighted by Crippen LogP contribution is 2.22. The monoisotopic (exact) mass is 268 g/mol. The van der Waals surface area contributed by atoms with Gasteiger partial charge in [0.05, 0.1) is 16.3 Å². The Balaban J connectivity index is 2.39. The maximum atomic E-state index is 6.03. The normalized spacial score (nSPS) is 11.3. The van der Waals surface area contributed by atoms with Crippen molar-refractivity contribution in [1.82, 2.24) is 14.9 Å². The molecule has 0 spiro atoms. The van der Waals surface area contributed by atoms with Crippen molar-refractivity contribution in [3.05, 3.63) is 45.5 Å². The van der Waals surface area contributed by atoms with Gasteiger partial charge in [-0.2, -0.15) is 5.10 Å². The van der Waals surface area contributed by atoms with E-state index in [1.807, 2.05) is 13.8 Å². The van der Waals surface area contributed by atoms with Crippen LogP contribution in [0.15, 0.2) is 23.3 Å². The van der Waals surface area contributed by atoms with Crippen molar-refractivity contribution >= 4 is 29.4 Å². The Labute approximate surface area is 109 Å². The lowest BCUT2D eigenvalue weighted by molar-refractivity contribution is 0.799. The van der Waals surface area contributed by atoms with Gasteiger partial charge in [0, 0.05) is 5.56 Å². The van der Waals surface area contributed by atoms with Gasteiger partial charge in [0.25, 0.3) is 0 Å². The van der Waals surface area contributed by atoms with Gasteiger partial charge < -0.3 is 0 Å². The lowest BCUT2D eigenvalue weighted by Gasteiger charge is -2.01. The minimum atomic E-state index is 0.560. The number of benzene rings is 1. The molecule has 0 aliphatic carbocycles. The smallest absolute Gasteiger partial charge is 0.151 e. The Bertz CT molecular complexity index is 535. The van der Waals surface area contributed by atoms with Crippen LogP contribution in [0.2, 0.25) is 10.0 Å². The summed E-state index contributed by atoms with van der Waals surface area (Å²) in [5.41, 5.74) is 0.684. The topological polar surface area (TPSA) is 43.1 Å². The van der Waals surface area contributed by atoms with Gasteiger partial charge in [-0.05, 0) is 26.0 Å². The SMILES string of the molecule is Cc1nnc(C)n1/N=C\c1c(Cl)cccc1Cl. The van der Waals surface area contributed by atoms with E-state index in [1.165, 1.54) is 0 Å². The van der Waals surface area contributed by atoms with Crippen LogP contribution in [0, 0.1) is 13.8 Å². The maximum Gasteiger partial charge on any atom is 0.151 e. The zero-order valence-corrected chi connectivity index (χ0v) is 10.9. The van der Waals surface area contributed by atoms with E-state index in [0.717, 1.165) is 0 Å². The van der Waals surface area contributed by atoms with Crippen LogP contribution in [-0.4, -0.2) is 21.1 Å². The summed E-state index contributed by atoms with van der Waals surface area (Å²) in [6, 6.07) is 5.32. The number of hydrogen-bond donors (Lipinski definition) is 0. The molecule has 0 unspecified atom stereocenters. The first-order valence-corrected chi connectivity index (χ1v) is 5.72. The predicted molar refractivity (Wildman–Crippen MR) is 69.0 cm³/mol. The van der Waals surface area contributed by atoms with Crippen LogP contribution in [0.1, 0.15) is 17.2 Å². The molecular weight excluding hydrogens is 259 g/mol. The molecule has 1 aromatic heterocycles. The van der Waals surface area contributed by atoms with Gasteiger partial charge >= 0.3 is 0 Å². The largest absolute Gasteiger partial charge is 0.202 e. The van der Waals surface area contributed by atoms with Crippen molar-refractivity contribution < 1.29 is 0 Å². The summed E-state index contributed by atoms with van der Waals surface area (Å²) in [6.07, 6.45) is 1.61. The lowest BCUT2D eigenvalue weighted by Crippen LogP contribution is -1.97. The molecule has 0 bridgehead atoms. The third kappa shape index (κ3) is 2.48. The quantitative estimate of drug-likeness (QED) is 0.786. The molecule has 1 aromatic carbocycles. The minimum absolute atomic E-state index is 0.560. The van der Waals surface area contributed by atoms with Gasteiger partial charge in [0.2, 0.25) is 0 Å². The first kappa shape index (κ1) is 12.1. The van der Waals surface area contributed by atoms with Gasteiger partial charge in [-0.3, -0.25) is 0 Å². The highest BCUT2D eigenvalue weighted by atomic mass is 35.5. The first-order chi connectivity index (χ1) is 8.09. The number of nitrogens with zero attached hydrogens (tertiary/aromatic N) is 4. The Morgan fingerprint density at radius 1 is 1.12 bits per heavy atom. The average Bonchev–Trinajstić information content (AvgIpc) is 2.59. The van der Waals surface area contributed by atoms with Crippen molar-refractivity contribution in [2.24, 2.45) is 5.10 Å². The Morgan fingerprint density at radius 2 is 1.65 bits per heavy atom. The summed E-state index contributed by atoms with van der Waals surface area (Å²) in [5.74, 6) is 1.42. The molecule has 0 N–H and O–H groups in total. The van der Waals surface area contributed by atoms with Gasteiger partial charge in [0.1, 0.15) is 0 Å². The molecule has 0 saturated carbocycles. The first-order valence-electron chi connectivity index (χ1n) is 4.96. The predicted octanol–water partition coefficient (Wildman–Crippen LogP) is 3.08. The van der Waals surface area contributed by atoms with Crippen LogP contribution in [0.3, 0.4) is 0 Å². The van der Waals surface area contributed by atoms with Crippen molar-refractivity contribution in [3.63, 3.8) is 0 Å². The number of aryl methyl sites for hydroxylation is 2. The van der Waals surface area contributed by atoms with Crippen molar-refractivity contribution in [2.45, 2.75) is 13.8 Å². The molecular formula is C11H10Cl2N4. The van der Waals surface area contributed by atoms with E-state index >= 15 is 0 Å². The fraction of sp³-hybridized carbons (Fsp3) is 0.182. The standard InChI is InChI=1S/C11H10Cl2N4/c1-7-15-16-8(2)17(7)14-6-9-10(12)4-3-5-11(9)13/h3-6H,1-2H3/b14-6-. The van der Waals surface area contributed by atoms with E-state index in [4.69, 9.17) is 23.2 Å². The molecule has 88 valence electrons.